The Hall–Kier alpha value is -3.12. The Balaban J connectivity index is 2.02. The number of aromatic carboxylic acids is 1. The van der Waals surface area contributed by atoms with Crippen LogP contribution in [0, 0.1) is 0 Å². The number of benzene rings is 2. The number of rotatable bonds is 7. The molecule has 0 spiro atoms. The minimum absolute atomic E-state index is 0.0153. The van der Waals surface area contributed by atoms with Gasteiger partial charge in [0.25, 0.3) is 0 Å². The van der Waals surface area contributed by atoms with Crippen LogP contribution in [0.4, 0.5) is 0 Å². The lowest BCUT2D eigenvalue weighted by molar-refractivity contribution is -0.129. The van der Waals surface area contributed by atoms with Crippen molar-refractivity contribution in [2.45, 2.75) is 51.1 Å². The van der Waals surface area contributed by atoms with Crippen LogP contribution in [0.1, 0.15) is 59.5 Å². The molecule has 0 saturated heterocycles. The molecule has 6 heteroatoms. The van der Waals surface area contributed by atoms with Crippen LogP contribution in [0.15, 0.2) is 42.5 Å². The largest absolute Gasteiger partial charge is 0.478 e. The van der Waals surface area contributed by atoms with Crippen molar-refractivity contribution in [3.8, 4) is 11.3 Å². The first-order valence-corrected chi connectivity index (χ1v) is 12.1. The maximum atomic E-state index is 12.9. The van der Waals surface area contributed by atoms with Gasteiger partial charge in [0.1, 0.15) is 6.54 Å². The molecule has 1 aromatic heterocycles. The van der Waals surface area contributed by atoms with Crippen molar-refractivity contribution in [1.82, 2.24) is 14.4 Å². The van der Waals surface area contributed by atoms with Gasteiger partial charge in [-0.1, -0.05) is 43.5 Å². The standard InChI is InChI=1S/C28H35N3O3/c1-29(2)17-19-9-8-12-21(15-19)27-26(20-10-6-5-7-11-20)23-14-13-22(28(33)34)16-24(23)31(27)18-25(32)30(3)4/h8-9,12-16,20H,5-7,10-11,17-18H2,1-4H3,(H,33,34). The summed E-state index contributed by atoms with van der Waals surface area (Å²) in [5.41, 5.74) is 5.68. The van der Waals surface area contributed by atoms with Gasteiger partial charge in [-0.15, -0.1) is 0 Å². The molecule has 1 heterocycles. The minimum atomic E-state index is -0.956. The lowest BCUT2D eigenvalue weighted by Gasteiger charge is -2.24. The molecule has 0 aliphatic heterocycles. The fourth-order valence-electron chi connectivity index (χ4n) is 5.25. The zero-order chi connectivity index (χ0) is 24.4. The topological polar surface area (TPSA) is 65.8 Å². The molecule has 34 heavy (non-hydrogen) atoms. The second kappa shape index (κ2) is 10.0. The van der Waals surface area contributed by atoms with E-state index in [0.29, 0.717) is 5.92 Å². The first-order valence-electron chi connectivity index (χ1n) is 12.1. The predicted octanol–water partition coefficient (Wildman–Crippen LogP) is 5.20. The second-order valence-corrected chi connectivity index (χ2v) is 9.95. The van der Waals surface area contributed by atoms with E-state index < -0.39 is 5.97 Å². The van der Waals surface area contributed by atoms with Crippen molar-refractivity contribution in [3.63, 3.8) is 0 Å². The molecule has 3 aromatic rings. The zero-order valence-electron chi connectivity index (χ0n) is 20.7. The highest BCUT2D eigenvalue weighted by Crippen LogP contribution is 2.44. The van der Waals surface area contributed by atoms with Crippen molar-refractivity contribution in [2.24, 2.45) is 0 Å². The van der Waals surface area contributed by atoms with E-state index in [2.05, 4.69) is 47.8 Å². The number of nitrogens with zero attached hydrogens (tertiary/aromatic N) is 3. The fourth-order valence-corrected chi connectivity index (χ4v) is 5.25. The van der Waals surface area contributed by atoms with Gasteiger partial charge in [0.05, 0.1) is 16.8 Å². The second-order valence-electron chi connectivity index (χ2n) is 9.95. The summed E-state index contributed by atoms with van der Waals surface area (Å²) in [6.45, 7) is 0.999. The van der Waals surface area contributed by atoms with E-state index in [4.69, 9.17) is 0 Å². The molecule has 0 unspecified atom stereocenters. The van der Waals surface area contributed by atoms with E-state index in [1.807, 2.05) is 6.07 Å². The van der Waals surface area contributed by atoms with E-state index in [1.165, 1.54) is 30.4 Å². The first-order chi connectivity index (χ1) is 16.3. The van der Waals surface area contributed by atoms with Crippen LogP contribution in [0.2, 0.25) is 0 Å². The van der Waals surface area contributed by atoms with Crippen LogP contribution >= 0.6 is 0 Å². The zero-order valence-corrected chi connectivity index (χ0v) is 20.7. The van der Waals surface area contributed by atoms with Crippen LogP contribution in [0.3, 0.4) is 0 Å². The maximum absolute atomic E-state index is 12.9. The van der Waals surface area contributed by atoms with E-state index >= 15 is 0 Å². The summed E-state index contributed by atoms with van der Waals surface area (Å²) in [4.78, 5) is 28.5. The van der Waals surface area contributed by atoms with Crippen molar-refractivity contribution in [1.29, 1.82) is 0 Å². The molecular weight excluding hydrogens is 426 g/mol. The molecule has 2 aromatic carbocycles. The molecule has 1 amide bonds. The van der Waals surface area contributed by atoms with Gasteiger partial charge in [0.15, 0.2) is 0 Å². The number of carbonyl (C=O) groups excluding carboxylic acids is 1. The lowest BCUT2D eigenvalue weighted by Crippen LogP contribution is -2.26. The highest BCUT2D eigenvalue weighted by atomic mass is 16.4. The third-order valence-electron chi connectivity index (χ3n) is 6.86. The highest BCUT2D eigenvalue weighted by molar-refractivity contribution is 5.99. The predicted molar refractivity (Wildman–Crippen MR) is 136 cm³/mol. The Kier molecular flexibility index (Phi) is 7.08. The van der Waals surface area contributed by atoms with Crippen molar-refractivity contribution < 1.29 is 14.7 Å². The Bertz CT molecular complexity index is 1200. The van der Waals surface area contributed by atoms with E-state index in [-0.39, 0.29) is 18.0 Å². The molecule has 1 N–H and O–H groups in total. The minimum Gasteiger partial charge on any atom is -0.478 e. The lowest BCUT2D eigenvalue weighted by atomic mass is 9.81. The van der Waals surface area contributed by atoms with E-state index in [0.717, 1.165) is 41.5 Å². The Morgan fingerprint density at radius 1 is 1.00 bits per heavy atom. The third kappa shape index (κ3) is 4.87. The van der Waals surface area contributed by atoms with Crippen LogP contribution in [0.25, 0.3) is 22.2 Å². The Morgan fingerprint density at radius 3 is 2.38 bits per heavy atom. The van der Waals surface area contributed by atoms with Gasteiger partial charge in [0.2, 0.25) is 5.91 Å². The van der Waals surface area contributed by atoms with Crippen LogP contribution in [-0.4, -0.2) is 59.5 Å². The van der Waals surface area contributed by atoms with Crippen molar-refractivity contribution >= 4 is 22.8 Å². The molecule has 1 saturated carbocycles. The van der Waals surface area contributed by atoms with Crippen LogP contribution in [0.5, 0.6) is 0 Å². The van der Waals surface area contributed by atoms with Crippen molar-refractivity contribution in [2.75, 3.05) is 28.2 Å². The molecule has 0 radical (unpaired) electrons. The summed E-state index contributed by atoms with van der Waals surface area (Å²) in [7, 11) is 7.63. The van der Waals surface area contributed by atoms with E-state index in [1.54, 1.807) is 31.1 Å². The maximum Gasteiger partial charge on any atom is 0.335 e. The number of carboxylic acids is 1. The molecule has 0 atom stereocenters. The molecule has 1 fully saturated rings. The molecule has 6 nitrogen and oxygen atoms in total. The normalized spacial score (nSPS) is 14.6. The summed E-state index contributed by atoms with van der Waals surface area (Å²) in [6, 6.07) is 13.9. The first kappa shape index (κ1) is 24.0. The monoisotopic (exact) mass is 461 g/mol. The highest BCUT2D eigenvalue weighted by Gasteiger charge is 2.28. The van der Waals surface area contributed by atoms with Gasteiger partial charge in [-0.25, -0.2) is 4.79 Å². The van der Waals surface area contributed by atoms with Gasteiger partial charge in [-0.2, -0.15) is 0 Å². The Morgan fingerprint density at radius 2 is 1.74 bits per heavy atom. The van der Waals surface area contributed by atoms with E-state index in [9.17, 15) is 14.7 Å². The van der Waals surface area contributed by atoms with Gasteiger partial charge in [-0.05, 0) is 67.7 Å². The average molecular weight is 462 g/mol. The number of carbonyl (C=O) groups is 2. The molecule has 1 aliphatic carbocycles. The van der Waals surface area contributed by atoms with Gasteiger partial charge in [0, 0.05) is 26.0 Å². The molecule has 0 bridgehead atoms. The number of carboxylic acid groups (broad SMARTS) is 1. The van der Waals surface area contributed by atoms with Gasteiger partial charge in [-0.3, -0.25) is 4.79 Å². The van der Waals surface area contributed by atoms with Crippen LogP contribution < -0.4 is 0 Å². The quantitative estimate of drug-likeness (QED) is 0.525. The Labute approximate surface area is 201 Å². The number of aromatic nitrogens is 1. The summed E-state index contributed by atoms with van der Waals surface area (Å²) in [5, 5.41) is 10.7. The molecule has 4 rings (SSSR count). The number of amides is 1. The molecular formula is C28H35N3O3. The van der Waals surface area contributed by atoms with Gasteiger partial charge >= 0.3 is 5.97 Å². The van der Waals surface area contributed by atoms with Gasteiger partial charge < -0.3 is 19.5 Å². The van der Waals surface area contributed by atoms with Crippen LogP contribution in [-0.2, 0) is 17.9 Å². The smallest absolute Gasteiger partial charge is 0.335 e. The number of fused-ring (bicyclic) bond motifs is 1. The SMILES string of the molecule is CN(C)Cc1cccc(-c2c(C3CCCCC3)c3ccc(C(=O)O)cc3n2CC(=O)N(C)C)c1. The fraction of sp³-hybridized carbons (Fsp3) is 0.429. The summed E-state index contributed by atoms with van der Waals surface area (Å²) in [5.74, 6) is -0.573. The summed E-state index contributed by atoms with van der Waals surface area (Å²) in [6.07, 6.45) is 5.88. The number of hydrogen-bond acceptors (Lipinski definition) is 3. The third-order valence-corrected chi connectivity index (χ3v) is 6.86. The number of hydrogen-bond donors (Lipinski definition) is 1. The molecule has 180 valence electrons. The number of likely N-dealkylation sites (N-methyl/N-ethyl adjacent to an activating group) is 1. The molecule has 1 aliphatic rings. The summed E-state index contributed by atoms with van der Waals surface area (Å²) < 4.78 is 2.06. The average Bonchev–Trinajstić information content (AvgIpc) is 3.12. The van der Waals surface area contributed by atoms with Crippen molar-refractivity contribution in [3.05, 3.63) is 59.2 Å². The summed E-state index contributed by atoms with van der Waals surface area (Å²) >= 11 is 0.